The average molecular weight is 300 g/mol. The lowest BCUT2D eigenvalue weighted by Gasteiger charge is -2.29. The molecular formula is C16H20N4O2. The van der Waals surface area contributed by atoms with Gasteiger partial charge in [0.2, 0.25) is 0 Å². The Balaban J connectivity index is 1.44. The molecule has 4 rings (SSSR count). The van der Waals surface area contributed by atoms with Gasteiger partial charge in [0.05, 0.1) is 18.5 Å². The van der Waals surface area contributed by atoms with E-state index in [0.717, 1.165) is 37.4 Å². The molecule has 6 heteroatoms. The molecule has 6 nitrogen and oxygen atoms in total. The topological polar surface area (TPSA) is 65.1 Å². The van der Waals surface area contributed by atoms with E-state index in [4.69, 9.17) is 9.26 Å². The Morgan fingerprint density at radius 3 is 3.32 bits per heavy atom. The van der Waals surface area contributed by atoms with E-state index in [0.29, 0.717) is 19.3 Å². The van der Waals surface area contributed by atoms with Gasteiger partial charge in [0.1, 0.15) is 18.2 Å². The number of aromatic nitrogens is 3. The highest BCUT2D eigenvalue weighted by Crippen LogP contribution is 2.31. The van der Waals surface area contributed by atoms with Crippen molar-refractivity contribution in [2.45, 2.75) is 33.1 Å². The van der Waals surface area contributed by atoms with E-state index in [1.807, 2.05) is 23.9 Å². The normalized spacial score (nSPS) is 20.4. The van der Waals surface area contributed by atoms with Crippen LogP contribution in [0.4, 0.5) is 0 Å². The van der Waals surface area contributed by atoms with Crippen LogP contribution in [0.25, 0.3) is 6.08 Å². The summed E-state index contributed by atoms with van der Waals surface area (Å²) < 4.78 is 12.7. The molecule has 0 saturated carbocycles. The minimum Gasteiger partial charge on any atom is -0.361 e. The quantitative estimate of drug-likeness (QED) is 0.934. The van der Waals surface area contributed by atoms with E-state index >= 15 is 0 Å². The summed E-state index contributed by atoms with van der Waals surface area (Å²) in [5, 5.41) is 11.9. The number of rotatable bonds is 4. The lowest BCUT2D eigenvalue weighted by Crippen LogP contribution is -2.34. The van der Waals surface area contributed by atoms with Crippen molar-refractivity contribution in [1.29, 1.82) is 0 Å². The maximum atomic E-state index is 5.72. The third-order valence-electron chi connectivity index (χ3n) is 4.39. The molecule has 0 bridgehead atoms. The van der Waals surface area contributed by atoms with Crippen LogP contribution in [0.1, 0.15) is 29.1 Å². The molecule has 1 saturated heterocycles. The fraction of sp³-hybridized carbons (Fsp3) is 0.500. The first-order chi connectivity index (χ1) is 10.8. The van der Waals surface area contributed by atoms with E-state index < -0.39 is 0 Å². The predicted octanol–water partition coefficient (Wildman–Crippen LogP) is 1.90. The first-order valence-electron chi connectivity index (χ1n) is 7.75. The Labute approximate surface area is 129 Å². The number of piperidine rings is 1. The van der Waals surface area contributed by atoms with Gasteiger partial charge in [-0.1, -0.05) is 10.7 Å². The van der Waals surface area contributed by atoms with Crippen molar-refractivity contribution in [2.24, 2.45) is 5.92 Å². The van der Waals surface area contributed by atoms with E-state index in [1.54, 1.807) is 5.57 Å². The molecule has 1 aliphatic carbocycles. The Morgan fingerprint density at radius 2 is 2.45 bits per heavy atom. The van der Waals surface area contributed by atoms with Crippen molar-refractivity contribution in [1.82, 2.24) is 20.3 Å². The van der Waals surface area contributed by atoms with Gasteiger partial charge in [0.25, 0.3) is 0 Å². The molecule has 1 atom stereocenters. The lowest BCUT2D eigenvalue weighted by molar-refractivity contribution is 0.0521. The van der Waals surface area contributed by atoms with Gasteiger partial charge in [-0.2, -0.15) is 5.10 Å². The number of aryl methyl sites for hydroxylation is 1. The fourth-order valence-electron chi connectivity index (χ4n) is 3.26. The summed E-state index contributed by atoms with van der Waals surface area (Å²) >= 11 is 0. The summed E-state index contributed by atoms with van der Waals surface area (Å²) in [5.41, 5.74) is 4.87. The maximum Gasteiger partial charge on any atom is 0.140 e. The second-order valence-corrected chi connectivity index (χ2v) is 6.04. The van der Waals surface area contributed by atoms with Crippen LogP contribution in [0.3, 0.4) is 0 Å². The van der Waals surface area contributed by atoms with Crippen LogP contribution >= 0.6 is 0 Å². The third kappa shape index (κ3) is 2.60. The molecule has 1 unspecified atom stereocenters. The van der Waals surface area contributed by atoms with Crippen molar-refractivity contribution in [2.75, 3.05) is 13.1 Å². The zero-order valence-corrected chi connectivity index (χ0v) is 12.7. The first-order valence-corrected chi connectivity index (χ1v) is 7.75. The zero-order chi connectivity index (χ0) is 14.9. The van der Waals surface area contributed by atoms with Crippen LogP contribution < -0.4 is 5.32 Å². The molecule has 2 aromatic rings. The van der Waals surface area contributed by atoms with Crippen LogP contribution in [0.2, 0.25) is 0 Å². The number of hydrogen-bond donors (Lipinski definition) is 1. The molecule has 0 radical (unpaired) electrons. The van der Waals surface area contributed by atoms with Crippen molar-refractivity contribution in [3.63, 3.8) is 0 Å². The molecule has 22 heavy (non-hydrogen) atoms. The molecule has 1 fully saturated rings. The van der Waals surface area contributed by atoms with E-state index in [-0.39, 0.29) is 0 Å². The molecule has 2 aliphatic rings. The summed E-state index contributed by atoms with van der Waals surface area (Å²) in [6.45, 7) is 4.91. The number of nitrogens with one attached hydrogen (secondary N) is 1. The second-order valence-electron chi connectivity index (χ2n) is 6.04. The first kappa shape index (κ1) is 13.7. The van der Waals surface area contributed by atoms with Gasteiger partial charge in [-0.05, 0) is 43.9 Å². The number of hydrogen-bond acceptors (Lipinski definition) is 5. The molecule has 0 spiro atoms. The summed E-state index contributed by atoms with van der Waals surface area (Å²) in [4.78, 5) is 0. The van der Waals surface area contributed by atoms with Crippen molar-refractivity contribution < 1.29 is 9.26 Å². The Bertz CT molecular complexity index is 701. The van der Waals surface area contributed by atoms with Gasteiger partial charge in [0, 0.05) is 12.6 Å². The summed E-state index contributed by atoms with van der Waals surface area (Å²) in [7, 11) is 0. The average Bonchev–Trinajstić information content (AvgIpc) is 3.12. The molecule has 0 amide bonds. The van der Waals surface area contributed by atoms with Crippen LogP contribution in [0, 0.1) is 12.8 Å². The van der Waals surface area contributed by atoms with Gasteiger partial charge in [-0.25, -0.2) is 4.68 Å². The Kier molecular flexibility index (Phi) is 3.56. The van der Waals surface area contributed by atoms with Gasteiger partial charge in [-0.15, -0.1) is 0 Å². The lowest BCUT2D eigenvalue weighted by atomic mass is 9.83. The molecule has 0 aromatic carbocycles. The number of fused-ring (bicyclic) bond motifs is 2. The minimum absolute atomic E-state index is 0.438. The van der Waals surface area contributed by atoms with E-state index in [2.05, 4.69) is 21.6 Å². The highest BCUT2D eigenvalue weighted by atomic mass is 16.5. The summed E-state index contributed by atoms with van der Waals surface area (Å²) in [5.74, 6) is 1.44. The Hall–Kier alpha value is -1.92. The minimum atomic E-state index is 0.438. The van der Waals surface area contributed by atoms with Crippen molar-refractivity contribution in [3.8, 4) is 0 Å². The molecule has 3 heterocycles. The van der Waals surface area contributed by atoms with Crippen molar-refractivity contribution >= 4 is 6.08 Å². The van der Waals surface area contributed by atoms with E-state index in [9.17, 15) is 0 Å². The van der Waals surface area contributed by atoms with Crippen LogP contribution in [-0.2, 0) is 24.5 Å². The summed E-state index contributed by atoms with van der Waals surface area (Å²) in [6.07, 6.45) is 6.49. The molecule has 1 N–H and O–H groups in total. The maximum absolute atomic E-state index is 5.72. The molecule has 116 valence electrons. The zero-order valence-electron chi connectivity index (χ0n) is 12.7. The highest BCUT2D eigenvalue weighted by Gasteiger charge is 2.26. The number of ether oxygens (including phenoxy) is 1. The smallest absolute Gasteiger partial charge is 0.140 e. The standard InChI is InChI=1S/C16H20N4O2/c1-11-4-15(19-22-11)9-21-10-20-16-6-12-2-3-17-7-13(12)5-14(16)8-18-20/h4,6,8,13,17H,2-3,5,7,9-10H2,1H3. The van der Waals surface area contributed by atoms with E-state index in [1.165, 1.54) is 11.3 Å². The Morgan fingerprint density at radius 1 is 1.50 bits per heavy atom. The fourth-order valence-corrected chi connectivity index (χ4v) is 3.26. The van der Waals surface area contributed by atoms with Gasteiger partial charge in [0.15, 0.2) is 0 Å². The molecule has 2 aromatic heterocycles. The molecular weight excluding hydrogens is 280 g/mol. The monoisotopic (exact) mass is 300 g/mol. The number of nitrogens with zero attached hydrogens (tertiary/aromatic N) is 3. The predicted molar refractivity (Wildman–Crippen MR) is 80.9 cm³/mol. The third-order valence-corrected chi connectivity index (χ3v) is 4.39. The molecule has 1 aliphatic heterocycles. The largest absolute Gasteiger partial charge is 0.361 e. The van der Waals surface area contributed by atoms with Gasteiger partial charge < -0.3 is 14.6 Å². The van der Waals surface area contributed by atoms with Gasteiger partial charge in [-0.3, -0.25) is 0 Å². The highest BCUT2D eigenvalue weighted by molar-refractivity contribution is 5.57. The van der Waals surface area contributed by atoms with Crippen molar-refractivity contribution in [3.05, 3.63) is 40.5 Å². The van der Waals surface area contributed by atoms with Crippen LogP contribution in [0.15, 0.2) is 22.4 Å². The van der Waals surface area contributed by atoms with Gasteiger partial charge >= 0.3 is 0 Å². The second kappa shape index (κ2) is 5.70. The van der Waals surface area contributed by atoms with Crippen LogP contribution in [0.5, 0.6) is 0 Å². The SMILES string of the molecule is Cc1cc(COCn2ncc3c2C=C2CCNCC2C3)no1. The summed E-state index contributed by atoms with van der Waals surface area (Å²) in [6, 6.07) is 1.89. The van der Waals surface area contributed by atoms with Crippen LogP contribution in [-0.4, -0.2) is 28.0 Å².